The van der Waals surface area contributed by atoms with Crippen molar-refractivity contribution in [3.8, 4) is 0 Å². The molecule has 0 bridgehead atoms. The molecule has 1 heterocycles. The first-order chi connectivity index (χ1) is 8.24. The molecule has 0 radical (unpaired) electrons. The van der Waals surface area contributed by atoms with Gasteiger partial charge in [-0.05, 0) is 12.6 Å². The van der Waals surface area contributed by atoms with Crippen LogP contribution in [0, 0.1) is 0 Å². The Morgan fingerprint density at radius 1 is 1.29 bits per heavy atom. The second-order valence-corrected chi connectivity index (χ2v) is 4.26. The number of nitrogen functional groups attached to an aromatic ring is 1. The van der Waals surface area contributed by atoms with Gasteiger partial charge in [0.2, 0.25) is 0 Å². The van der Waals surface area contributed by atoms with Crippen LogP contribution in [0.3, 0.4) is 0 Å². The van der Waals surface area contributed by atoms with Gasteiger partial charge in [-0.3, -0.25) is 0 Å². The molecule has 4 nitrogen and oxygen atoms in total. The predicted molar refractivity (Wildman–Crippen MR) is 69.4 cm³/mol. The van der Waals surface area contributed by atoms with Crippen molar-refractivity contribution in [2.75, 3.05) is 19.3 Å². The first kappa shape index (κ1) is 11.7. The monoisotopic (exact) mass is 230 g/mol. The Labute approximate surface area is 102 Å². The van der Waals surface area contributed by atoms with Crippen molar-refractivity contribution in [2.24, 2.45) is 0 Å². The normalized spacial score (nSPS) is 10.9. The van der Waals surface area contributed by atoms with E-state index in [0.29, 0.717) is 5.82 Å². The van der Waals surface area contributed by atoms with Gasteiger partial charge < -0.3 is 15.2 Å². The molecule has 90 valence electrons. The summed E-state index contributed by atoms with van der Waals surface area (Å²) in [7, 11) is 2.12. The fourth-order valence-electron chi connectivity index (χ4n) is 1.76. The SMILES string of the molecule is CN(CCn1cnc(N)c1)Cc1ccccc1. The van der Waals surface area contributed by atoms with Crippen molar-refractivity contribution in [3.63, 3.8) is 0 Å². The molecule has 2 rings (SSSR count). The molecule has 17 heavy (non-hydrogen) atoms. The molecule has 1 aromatic carbocycles. The van der Waals surface area contributed by atoms with E-state index in [2.05, 4.69) is 41.2 Å². The van der Waals surface area contributed by atoms with E-state index in [1.807, 2.05) is 16.8 Å². The molecule has 0 unspecified atom stereocenters. The molecule has 1 aromatic heterocycles. The Bertz CT molecular complexity index is 449. The molecule has 0 spiro atoms. The van der Waals surface area contributed by atoms with Crippen LogP contribution in [0.1, 0.15) is 5.56 Å². The van der Waals surface area contributed by atoms with Gasteiger partial charge in [0.05, 0.1) is 6.33 Å². The fourth-order valence-corrected chi connectivity index (χ4v) is 1.76. The summed E-state index contributed by atoms with van der Waals surface area (Å²) in [5, 5.41) is 0. The highest BCUT2D eigenvalue weighted by Gasteiger charge is 2.00. The van der Waals surface area contributed by atoms with E-state index in [0.717, 1.165) is 19.6 Å². The Balaban J connectivity index is 1.80. The van der Waals surface area contributed by atoms with Gasteiger partial charge >= 0.3 is 0 Å². The number of anilines is 1. The van der Waals surface area contributed by atoms with Gasteiger partial charge in [-0.1, -0.05) is 30.3 Å². The maximum Gasteiger partial charge on any atom is 0.141 e. The average molecular weight is 230 g/mol. The number of nitrogens with two attached hydrogens (primary N) is 1. The Morgan fingerprint density at radius 3 is 2.71 bits per heavy atom. The van der Waals surface area contributed by atoms with Crippen LogP contribution in [-0.4, -0.2) is 28.0 Å². The van der Waals surface area contributed by atoms with Crippen LogP contribution < -0.4 is 5.73 Å². The lowest BCUT2D eigenvalue weighted by molar-refractivity contribution is 0.311. The molecule has 0 aliphatic heterocycles. The molecule has 0 saturated heterocycles. The molecule has 0 amide bonds. The molecule has 2 aromatic rings. The molecule has 4 heteroatoms. The van der Waals surface area contributed by atoms with Gasteiger partial charge in [0.15, 0.2) is 0 Å². The summed E-state index contributed by atoms with van der Waals surface area (Å²) in [6.07, 6.45) is 3.63. The molecule has 0 fully saturated rings. The largest absolute Gasteiger partial charge is 0.382 e. The minimum Gasteiger partial charge on any atom is -0.382 e. The zero-order chi connectivity index (χ0) is 12.1. The molecule has 0 atom stereocenters. The summed E-state index contributed by atoms with van der Waals surface area (Å²) >= 11 is 0. The summed E-state index contributed by atoms with van der Waals surface area (Å²) in [5.41, 5.74) is 6.90. The summed E-state index contributed by atoms with van der Waals surface area (Å²) in [4.78, 5) is 6.28. The van der Waals surface area contributed by atoms with Crippen LogP contribution >= 0.6 is 0 Å². The summed E-state index contributed by atoms with van der Waals surface area (Å²) < 4.78 is 2.01. The number of hydrogen-bond donors (Lipinski definition) is 1. The van der Waals surface area contributed by atoms with Crippen LogP contribution in [-0.2, 0) is 13.1 Å². The van der Waals surface area contributed by atoms with Crippen LogP contribution in [0.5, 0.6) is 0 Å². The quantitative estimate of drug-likeness (QED) is 0.848. The third-order valence-electron chi connectivity index (χ3n) is 2.69. The van der Waals surface area contributed by atoms with Crippen LogP contribution in [0.4, 0.5) is 5.82 Å². The third kappa shape index (κ3) is 3.60. The third-order valence-corrected chi connectivity index (χ3v) is 2.69. The first-order valence-corrected chi connectivity index (χ1v) is 5.74. The minimum absolute atomic E-state index is 0.579. The molecular weight excluding hydrogens is 212 g/mol. The van der Waals surface area contributed by atoms with E-state index in [4.69, 9.17) is 5.73 Å². The highest BCUT2D eigenvalue weighted by molar-refractivity contribution is 5.22. The lowest BCUT2D eigenvalue weighted by atomic mass is 10.2. The average Bonchev–Trinajstić information content (AvgIpc) is 2.74. The van der Waals surface area contributed by atoms with Gasteiger partial charge in [-0.25, -0.2) is 4.98 Å². The van der Waals surface area contributed by atoms with E-state index >= 15 is 0 Å². The topological polar surface area (TPSA) is 47.1 Å². The number of imidazole rings is 1. The minimum atomic E-state index is 0.579. The van der Waals surface area contributed by atoms with E-state index in [1.165, 1.54) is 5.56 Å². The summed E-state index contributed by atoms with van der Waals surface area (Å²) in [6.45, 7) is 2.85. The van der Waals surface area contributed by atoms with E-state index in [-0.39, 0.29) is 0 Å². The van der Waals surface area contributed by atoms with Crippen molar-refractivity contribution in [3.05, 3.63) is 48.4 Å². The maximum absolute atomic E-state index is 5.56. The predicted octanol–water partition coefficient (Wildman–Crippen LogP) is 1.60. The molecule has 2 N–H and O–H groups in total. The second kappa shape index (κ2) is 5.50. The van der Waals surface area contributed by atoms with Crippen molar-refractivity contribution >= 4 is 5.82 Å². The highest BCUT2D eigenvalue weighted by Crippen LogP contribution is 2.03. The van der Waals surface area contributed by atoms with Crippen LogP contribution in [0.2, 0.25) is 0 Å². The molecule has 0 aliphatic rings. The van der Waals surface area contributed by atoms with Gasteiger partial charge in [0.25, 0.3) is 0 Å². The van der Waals surface area contributed by atoms with E-state index < -0.39 is 0 Å². The smallest absolute Gasteiger partial charge is 0.141 e. The van der Waals surface area contributed by atoms with Crippen LogP contribution in [0.25, 0.3) is 0 Å². The zero-order valence-corrected chi connectivity index (χ0v) is 10.1. The Morgan fingerprint density at radius 2 is 2.06 bits per heavy atom. The second-order valence-electron chi connectivity index (χ2n) is 4.26. The number of nitrogens with zero attached hydrogens (tertiary/aromatic N) is 3. The standard InChI is InChI=1S/C13H18N4/c1-16(9-12-5-3-2-4-6-12)7-8-17-10-13(14)15-11-17/h2-6,10-11H,7-9,14H2,1H3. The van der Waals surface area contributed by atoms with Crippen LogP contribution in [0.15, 0.2) is 42.9 Å². The number of benzene rings is 1. The maximum atomic E-state index is 5.56. The van der Waals surface area contributed by atoms with Gasteiger partial charge in [0, 0.05) is 25.8 Å². The fraction of sp³-hybridized carbons (Fsp3) is 0.308. The highest BCUT2D eigenvalue weighted by atomic mass is 15.1. The Hall–Kier alpha value is -1.81. The van der Waals surface area contributed by atoms with Gasteiger partial charge in [-0.2, -0.15) is 0 Å². The molecule has 0 aliphatic carbocycles. The summed E-state index contributed by atoms with van der Waals surface area (Å²) in [6, 6.07) is 10.5. The molecular formula is C13H18N4. The number of likely N-dealkylation sites (N-methyl/N-ethyl adjacent to an activating group) is 1. The first-order valence-electron chi connectivity index (χ1n) is 5.74. The van der Waals surface area contributed by atoms with Gasteiger partial charge in [0.1, 0.15) is 5.82 Å². The van der Waals surface area contributed by atoms with Crippen molar-refractivity contribution in [2.45, 2.75) is 13.1 Å². The van der Waals surface area contributed by atoms with E-state index in [1.54, 1.807) is 6.33 Å². The van der Waals surface area contributed by atoms with E-state index in [9.17, 15) is 0 Å². The zero-order valence-electron chi connectivity index (χ0n) is 10.1. The van der Waals surface area contributed by atoms with Gasteiger partial charge in [-0.15, -0.1) is 0 Å². The van der Waals surface area contributed by atoms with Crippen molar-refractivity contribution in [1.82, 2.24) is 14.5 Å². The van der Waals surface area contributed by atoms with Crippen molar-refractivity contribution < 1.29 is 0 Å². The lowest BCUT2D eigenvalue weighted by Gasteiger charge is -2.16. The Kier molecular flexibility index (Phi) is 3.77. The summed E-state index contributed by atoms with van der Waals surface area (Å²) in [5.74, 6) is 0.579. The molecule has 0 saturated carbocycles. The lowest BCUT2D eigenvalue weighted by Crippen LogP contribution is -2.22. The number of rotatable bonds is 5. The van der Waals surface area contributed by atoms with Crippen molar-refractivity contribution in [1.29, 1.82) is 0 Å². The number of hydrogen-bond acceptors (Lipinski definition) is 3. The number of aromatic nitrogens is 2.